The molecule has 0 aromatic carbocycles. The van der Waals surface area contributed by atoms with E-state index in [1.54, 1.807) is 0 Å². The van der Waals surface area contributed by atoms with Gasteiger partial charge in [-0.3, -0.25) is 0 Å². The SMILES string of the molecule is NC1CCC(C2CCOC3(CCCC3)C2)CC1. The first-order valence-electron chi connectivity index (χ1n) is 7.67. The molecular weight excluding hydrogens is 210 g/mol. The minimum absolute atomic E-state index is 0.308. The fourth-order valence-electron chi connectivity index (χ4n) is 4.45. The molecular formula is C15H27NO. The van der Waals surface area contributed by atoms with Crippen molar-refractivity contribution in [2.24, 2.45) is 17.6 Å². The summed E-state index contributed by atoms with van der Waals surface area (Å²) in [6, 6.07) is 0.492. The second kappa shape index (κ2) is 4.89. The van der Waals surface area contributed by atoms with Crippen LogP contribution in [-0.4, -0.2) is 18.2 Å². The summed E-state index contributed by atoms with van der Waals surface area (Å²) in [6.07, 6.45) is 13.4. The minimum Gasteiger partial charge on any atom is -0.375 e. The average Bonchev–Trinajstić information content (AvgIpc) is 2.78. The molecule has 3 rings (SSSR count). The Hall–Kier alpha value is -0.0800. The van der Waals surface area contributed by atoms with E-state index in [0.29, 0.717) is 11.6 Å². The van der Waals surface area contributed by atoms with E-state index in [1.165, 1.54) is 64.2 Å². The number of hydrogen-bond acceptors (Lipinski definition) is 2. The highest BCUT2D eigenvalue weighted by Gasteiger charge is 2.42. The number of hydrogen-bond donors (Lipinski definition) is 1. The van der Waals surface area contributed by atoms with Crippen molar-refractivity contribution in [2.45, 2.75) is 75.9 Å². The van der Waals surface area contributed by atoms with Crippen LogP contribution in [0.15, 0.2) is 0 Å². The quantitative estimate of drug-likeness (QED) is 0.760. The second-order valence-corrected chi connectivity index (χ2v) is 6.67. The Bertz CT molecular complexity index is 252. The third-order valence-electron chi connectivity index (χ3n) is 5.53. The predicted octanol–water partition coefficient (Wildman–Crippen LogP) is 3.24. The first-order chi connectivity index (χ1) is 8.27. The van der Waals surface area contributed by atoms with Gasteiger partial charge in [-0.2, -0.15) is 0 Å². The zero-order valence-corrected chi connectivity index (χ0v) is 11.0. The topological polar surface area (TPSA) is 35.2 Å². The molecule has 2 heteroatoms. The third kappa shape index (κ3) is 2.53. The molecule has 0 aromatic rings. The normalized spacial score (nSPS) is 41.8. The molecule has 2 saturated carbocycles. The molecule has 0 amide bonds. The van der Waals surface area contributed by atoms with E-state index in [4.69, 9.17) is 10.5 Å². The summed E-state index contributed by atoms with van der Waals surface area (Å²) >= 11 is 0. The van der Waals surface area contributed by atoms with Crippen LogP contribution in [0, 0.1) is 11.8 Å². The number of nitrogens with two attached hydrogens (primary N) is 1. The van der Waals surface area contributed by atoms with Crippen LogP contribution < -0.4 is 5.73 Å². The third-order valence-corrected chi connectivity index (χ3v) is 5.53. The van der Waals surface area contributed by atoms with Gasteiger partial charge >= 0.3 is 0 Å². The van der Waals surface area contributed by atoms with Gasteiger partial charge < -0.3 is 10.5 Å². The molecule has 2 N–H and O–H groups in total. The fourth-order valence-corrected chi connectivity index (χ4v) is 4.45. The maximum atomic E-state index is 6.14. The second-order valence-electron chi connectivity index (χ2n) is 6.67. The minimum atomic E-state index is 0.308. The van der Waals surface area contributed by atoms with Crippen LogP contribution in [0.1, 0.15) is 64.2 Å². The van der Waals surface area contributed by atoms with Crippen LogP contribution in [0.2, 0.25) is 0 Å². The van der Waals surface area contributed by atoms with Gasteiger partial charge in [0.1, 0.15) is 0 Å². The van der Waals surface area contributed by atoms with Gasteiger partial charge in [-0.1, -0.05) is 12.8 Å². The van der Waals surface area contributed by atoms with Crippen molar-refractivity contribution in [3.8, 4) is 0 Å². The Morgan fingerprint density at radius 2 is 1.59 bits per heavy atom. The summed E-state index contributed by atoms with van der Waals surface area (Å²) in [4.78, 5) is 0. The molecule has 1 atom stereocenters. The van der Waals surface area contributed by atoms with Crippen molar-refractivity contribution < 1.29 is 4.74 Å². The lowest BCUT2D eigenvalue weighted by Gasteiger charge is -2.43. The van der Waals surface area contributed by atoms with E-state index in [-0.39, 0.29) is 0 Å². The van der Waals surface area contributed by atoms with Gasteiger partial charge in [0.15, 0.2) is 0 Å². The zero-order valence-electron chi connectivity index (χ0n) is 11.0. The molecule has 1 unspecified atom stereocenters. The van der Waals surface area contributed by atoms with E-state index in [9.17, 15) is 0 Å². The van der Waals surface area contributed by atoms with E-state index < -0.39 is 0 Å². The molecule has 17 heavy (non-hydrogen) atoms. The summed E-state index contributed by atoms with van der Waals surface area (Å²) in [5.41, 5.74) is 6.33. The molecule has 0 bridgehead atoms. The monoisotopic (exact) mass is 237 g/mol. The van der Waals surface area contributed by atoms with Crippen LogP contribution in [-0.2, 0) is 4.74 Å². The molecule has 1 aliphatic heterocycles. The maximum Gasteiger partial charge on any atom is 0.0685 e. The van der Waals surface area contributed by atoms with Gasteiger partial charge in [-0.05, 0) is 63.2 Å². The Balaban J connectivity index is 1.60. The molecule has 3 aliphatic rings. The van der Waals surface area contributed by atoms with Gasteiger partial charge in [-0.25, -0.2) is 0 Å². The highest BCUT2D eigenvalue weighted by atomic mass is 16.5. The smallest absolute Gasteiger partial charge is 0.0685 e. The lowest BCUT2D eigenvalue weighted by atomic mass is 9.71. The van der Waals surface area contributed by atoms with Crippen molar-refractivity contribution in [3.63, 3.8) is 0 Å². The van der Waals surface area contributed by atoms with Crippen molar-refractivity contribution in [1.82, 2.24) is 0 Å². The van der Waals surface area contributed by atoms with Gasteiger partial charge in [0.2, 0.25) is 0 Å². The van der Waals surface area contributed by atoms with E-state index in [1.807, 2.05) is 0 Å². The van der Waals surface area contributed by atoms with Gasteiger partial charge in [0, 0.05) is 12.6 Å². The lowest BCUT2D eigenvalue weighted by Crippen LogP contribution is -2.41. The Morgan fingerprint density at radius 1 is 0.882 bits per heavy atom. The van der Waals surface area contributed by atoms with Crippen molar-refractivity contribution >= 4 is 0 Å². The molecule has 1 spiro atoms. The Labute approximate surface area is 105 Å². The summed E-state index contributed by atoms with van der Waals surface area (Å²) in [7, 11) is 0. The molecule has 3 fully saturated rings. The Kier molecular flexibility index (Phi) is 3.45. The summed E-state index contributed by atoms with van der Waals surface area (Å²) in [5.74, 6) is 1.89. The van der Waals surface area contributed by atoms with E-state index in [0.717, 1.165) is 18.4 Å². The first-order valence-corrected chi connectivity index (χ1v) is 7.67. The molecule has 98 valence electrons. The highest BCUT2D eigenvalue weighted by Crippen LogP contribution is 2.46. The Morgan fingerprint density at radius 3 is 2.29 bits per heavy atom. The fraction of sp³-hybridized carbons (Fsp3) is 1.00. The van der Waals surface area contributed by atoms with Gasteiger partial charge in [-0.15, -0.1) is 0 Å². The molecule has 2 nitrogen and oxygen atoms in total. The number of rotatable bonds is 1. The van der Waals surface area contributed by atoms with E-state index in [2.05, 4.69) is 0 Å². The predicted molar refractivity (Wildman–Crippen MR) is 69.8 cm³/mol. The summed E-state index contributed by atoms with van der Waals surface area (Å²) < 4.78 is 6.14. The zero-order chi connectivity index (χ0) is 11.7. The van der Waals surface area contributed by atoms with Crippen molar-refractivity contribution in [2.75, 3.05) is 6.61 Å². The summed E-state index contributed by atoms with van der Waals surface area (Å²) in [6.45, 7) is 1.02. The van der Waals surface area contributed by atoms with Crippen LogP contribution in [0.5, 0.6) is 0 Å². The first kappa shape index (κ1) is 12.0. The molecule has 1 heterocycles. The summed E-state index contributed by atoms with van der Waals surface area (Å²) in [5, 5.41) is 0. The maximum absolute atomic E-state index is 6.14. The van der Waals surface area contributed by atoms with Gasteiger partial charge in [0.05, 0.1) is 5.60 Å². The van der Waals surface area contributed by atoms with E-state index >= 15 is 0 Å². The lowest BCUT2D eigenvalue weighted by molar-refractivity contribution is -0.104. The molecule has 0 aromatic heterocycles. The average molecular weight is 237 g/mol. The largest absolute Gasteiger partial charge is 0.375 e. The highest BCUT2D eigenvalue weighted by molar-refractivity contribution is 4.93. The molecule has 2 aliphatic carbocycles. The van der Waals surface area contributed by atoms with Gasteiger partial charge in [0.25, 0.3) is 0 Å². The van der Waals surface area contributed by atoms with Crippen LogP contribution in [0.25, 0.3) is 0 Å². The standard InChI is InChI=1S/C15H27NO/c16-14-5-3-12(4-6-14)13-7-10-17-15(11-13)8-1-2-9-15/h12-14H,1-11,16H2. The van der Waals surface area contributed by atoms with Crippen molar-refractivity contribution in [3.05, 3.63) is 0 Å². The molecule has 1 saturated heterocycles. The van der Waals surface area contributed by atoms with Crippen molar-refractivity contribution in [1.29, 1.82) is 0 Å². The molecule has 0 radical (unpaired) electrons. The van der Waals surface area contributed by atoms with Crippen LogP contribution in [0.4, 0.5) is 0 Å². The van der Waals surface area contributed by atoms with Crippen LogP contribution >= 0.6 is 0 Å². The number of ether oxygens (including phenoxy) is 1. The van der Waals surface area contributed by atoms with Crippen LogP contribution in [0.3, 0.4) is 0 Å².